The van der Waals surface area contributed by atoms with E-state index in [2.05, 4.69) is 13.8 Å². The summed E-state index contributed by atoms with van der Waals surface area (Å²) in [5.41, 5.74) is 5.41. The van der Waals surface area contributed by atoms with Crippen molar-refractivity contribution in [3.05, 3.63) is 0 Å². The average molecular weight is 1220 g/mol. The van der Waals surface area contributed by atoms with Crippen molar-refractivity contribution in [2.75, 3.05) is 26.4 Å². The Labute approximate surface area is 530 Å². The van der Waals surface area contributed by atoms with E-state index in [0.717, 1.165) is 32.1 Å². The number of carbonyl (C=O) groups is 2. The van der Waals surface area contributed by atoms with E-state index in [1.807, 2.05) is 0 Å². The maximum atomic E-state index is 12.8. The van der Waals surface area contributed by atoms with Gasteiger partial charge >= 0.3 is 19.8 Å². The molecule has 0 spiro atoms. The zero-order chi connectivity index (χ0) is 61.6. The molecule has 0 aliphatic carbocycles. The number of phosphoric acid groups is 1. The van der Waals surface area contributed by atoms with E-state index >= 15 is 0 Å². The Morgan fingerprint density at radius 2 is 0.506 bits per heavy atom. The van der Waals surface area contributed by atoms with E-state index < -0.39 is 26.5 Å². The molecule has 0 saturated carbocycles. The summed E-state index contributed by atoms with van der Waals surface area (Å²) in [6.45, 7) is 3.86. The fourth-order valence-corrected chi connectivity index (χ4v) is 13.1. The van der Waals surface area contributed by atoms with E-state index in [4.69, 9.17) is 24.3 Å². The van der Waals surface area contributed by atoms with E-state index in [1.165, 1.54) is 372 Å². The predicted octanol–water partition coefficient (Wildman–Crippen LogP) is 25.3. The van der Waals surface area contributed by atoms with Gasteiger partial charge in [-0.15, -0.1) is 0 Å². The van der Waals surface area contributed by atoms with Gasteiger partial charge in [0.2, 0.25) is 0 Å². The lowest BCUT2D eigenvalue weighted by atomic mass is 10.0. The molecule has 0 aliphatic rings. The van der Waals surface area contributed by atoms with Gasteiger partial charge in [-0.05, 0) is 12.8 Å². The van der Waals surface area contributed by atoms with Crippen LogP contribution in [0, 0.1) is 0 Å². The van der Waals surface area contributed by atoms with Crippen molar-refractivity contribution in [1.29, 1.82) is 0 Å². The maximum absolute atomic E-state index is 12.8. The lowest BCUT2D eigenvalue weighted by Crippen LogP contribution is -2.29. The highest BCUT2D eigenvalue weighted by Crippen LogP contribution is 2.43. The number of hydrogen-bond donors (Lipinski definition) is 2. The third kappa shape index (κ3) is 72.0. The summed E-state index contributed by atoms with van der Waals surface area (Å²) in [5, 5.41) is 0. The first-order valence-electron chi connectivity index (χ1n) is 38.5. The zero-order valence-electron chi connectivity index (χ0n) is 57.4. The SMILES string of the molecule is CCCCCCCCCCCCCCCCCCCCCCCCCCCCCCCCCCC(=O)OC[C@H](COP(=O)(O)OCCN)OC(=O)CCCCCCCCCCCCCCCCCCCCCCCCCCCCCCCCCC. The first-order valence-corrected chi connectivity index (χ1v) is 40.0. The molecule has 0 rings (SSSR count). The number of nitrogens with two attached hydrogens (primary N) is 1. The summed E-state index contributed by atoms with van der Waals surface area (Å²) in [4.78, 5) is 35.4. The maximum Gasteiger partial charge on any atom is 0.472 e. The largest absolute Gasteiger partial charge is 0.472 e. The molecule has 0 aromatic rings. The van der Waals surface area contributed by atoms with Crippen molar-refractivity contribution in [1.82, 2.24) is 0 Å². The minimum Gasteiger partial charge on any atom is -0.462 e. The Balaban J connectivity index is 3.75. The fourth-order valence-electron chi connectivity index (χ4n) is 12.3. The molecule has 3 N–H and O–H groups in total. The number of esters is 2. The molecule has 2 atom stereocenters. The smallest absolute Gasteiger partial charge is 0.462 e. The Kier molecular flexibility index (Phi) is 71.2. The van der Waals surface area contributed by atoms with Crippen LogP contribution in [0.2, 0.25) is 0 Å². The fraction of sp³-hybridized carbons (Fsp3) is 0.973. The molecule has 0 aromatic carbocycles. The lowest BCUT2D eigenvalue weighted by Gasteiger charge is -2.19. The quantitative estimate of drug-likeness (QED) is 0.0347. The van der Waals surface area contributed by atoms with Gasteiger partial charge in [0.25, 0.3) is 0 Å². The highest BCUT2D eigenvalue weighted by Gasteiger charge is 2.26. The van der Waals surface area contributed by atoms with Crippen LogP contribution < -0.4 is 5.73 Å². The topological polar surface area (TPSA) is 134 Å². The molecule has 0 aromatic heterocycles. The molecule has 85 heavy (non-hydrogen) atoms. The van der Waals surface area contributed by atoms with Crippen LogP contribution in [0.3, 0.4) is 0 Å². The van der Waals surface area contributed by atoms with Crippen molar-refractivity contribution in [2.45, 2.75) is 444 Å². The molecule has 9 nitrogen and oxygen atoms in total. The van der Waals surface area contributed by atoms with Crippen molar-refractivity contribution in [2.24, 2.45) is 5.73 Å². The van der Waals surface area contributed by atoms with E-state index in [1.54, 1.807) is 0 Å². The molecule has 0 saturated heterocycles. The van der Waals surface area contributed by atoms with Crippen molar-refractivity contribution in [3.63, 3.8) is 0 Å². The Bertz CT molecular complexity index is 1350. The van der Waals surface area contributed by atoms with Gasteiger partial charge in [-0.25, -0.2) is 4.57 Å². The third-order valence-corrected chi connectivity index (χ3v) is 19.0. The van der Waals surface area contributed by atoms with Crippen LogP contribution in [0.25, 0.3) is 0 Å². The van der Waals surface area contributed by atoms with Crippen LogP contribution in [0.15, 0.2) is 0 Å². The zero-order valence-corrected chi connectivity index (χ0v) is 58.3. The Morgan fingerprint density at radius 1 is 0.306 bits per heavy atom. The molecule has 508 valence electrons. The summed E-state index contributed by atoms with van der Waals surface area (Å²) in [5.74, 6) is -0.795. The number of unbranched alkanes of at least 4 members (excludes halogenated alkanes) is 62. The van der Waals surface area contributed by atoms with Crippen LogP contribution >= 0.6 is 7.82 Å². The van der Waals surface area contributed by atoms with Crippen LogP contribution in [0.4, 0.5) is 0 Å². The van der Waals surface area contributed by atoms with Gasteiger partial charge in [0.1, 0.15) is 6.61 Å². The summed E-state index contributed by atoms with van der Waals surface area (Å²) >= 11 is 0. The minimum absolute atomic E-state index is 0.0589. The average Bonchev–Trinajstić information content (AvgIpc) is 3.52. The van der Waals surface area contributed by atoms with Crippen LogP contribution in [-0.2, 0) is 32.7 Å². The molecule has 10 heteroatoms. The number of ether oxygens (including phenoxy) is 2. The van der Waals surface area contributed by atoms with Gasteiger partial charge in [0, 0.05) is 19.4 Å². The van der Waals surface area contributed by atoms with Crippen LogP contribution in [0.1, 0.15) is 438 Å². The Morgan fingerprint density at radius 3 is 0.718 bits per heavy atom. The predicted molar refractivity (Wildman–Crippen MR) is 368 cm³/mol. The molecule has 0 radical (unpaired) electrons. The molecule has 0 aliphatic heterocycles. The number of hydrogen-bond acceptors (Lipinski definition) is 8. The van der Waals surface area contributed by atoms with Crippen LogP contribution in [0.5, 0.6) is 0 Å². The first-order chi connectivity index (χ1) is 41.8. The van der Waals surface area contributed by atoms with Gasteiger partial charge in [-0.2, -0.15) is 0 Å². The van der Waals surface area contributed by atoms with Gasteiger partial charge in [-0.1, -0.05) is 412 Å². The summed E-state index contributed by atoms with van der Waals surface area (Å²) < 4.78 is 33.3. The first kappa shape index (κ1) is 84.0. The molecule has 1 unspecified atom stereocenters. The van der Waals surface area contributed by atoms with E-state index in [-0.39, 0.29) is 32.1 Å². The normalized spacial score (nSPS) is 12.8. The monoisotopic (exact) mass is 1220 g/mol. The highest BCUT2D eigenvalue weighted by atomic mass is 31.2. The highest BCUT2D eigenvalue weighted by molar-refractivity contribution is 7.47. The van der Waals surface area contributed by atoms with Gasteiger partial charge in [0.05, 0.1) is 13.2 Å². The van der Waals surface area contributed by atoms with E-state index in [0.29, 0.717) is 12.8 Å². The van der Waals surface area contributed by atoms with Crippen molar-refractivity contribution >= 4 is 19.8 Å². The number of rotatable bonds is 75. The lowest BCUT2D eigenvalue weighted by molar-refractivity contribution is -0.161. The van der Waals surface area contributed by atoms with Crippen molar-refractivity contribution < 1.29 is 37.6 Å². The Hall–Kier alpha value is -0.990. The van der Waals surface area contributed by atoms with Crippen molar-refractivity contribution in [3.8, 4) is 0 Å². The molecule has 0 amide bonds. The van der Waals surface area contributed by atoms with Gasteiger partial charge in [-0.3, -0.25) is 18.6 Å². The van der Waals surface area contributed by atoms with E-state index in [9.17, 15) is 19.0 Å². The second kappa shape index (κ2) is 72.1. The second-order valence-corrected chi connectivity index (χ2v) is 28.1. The van der Waals surface area contributed by atoms with Gasteiger partial charge < -0.3 is 20.1 Å². The van der Waals surface area contributed by atoms with Gasteiger partial charge in [0.15, 0.2) is 6.10 Å². The standard InChI is InChI=1S/C75H150NO8P/c1-3-5-7-9-11-13-15-17-19-21-23-25-27-29-31-33-35-37-39-41-43-45-47-49-51-53-55-57-59-61-63-65-67-74(77)81-71-73(72-83-85(79,80)82-70-69-76)84-75(78)68-66-64-62-60-58-56-54-52-50-48-46-44-42-40-38-36-34-32-30-28-26-24-22-20-18-16-14-12-10-8-6-4-2/h73H,3-72,76H2,1-2H3,(H,79,80)/t73-/m1/s1. The second-order valence-electron chi connectivity index (χ2n) is 26.6. The summed E-state index contributed by atoms with van der Waals surface area (Å²) in [7, 11) is -4.39. The molecule has 0 bridgehead atoms. The molecular formula is C75H150NO8P. The molecular weight excluding hydrogens is 1070 g/mol. The summed E-state index contributed by atoms with van der Waals surface area (Å²) in [6, 6.07) is 0. The third-order valence-electron chi connectivity index (χ3n) is 18.0. The molecule has 0 fully saturated rings. The number of phosphoric ester groups is 1. The number of carbonyl (C=O) groups excluding carboxylic acids is 2. The summed E-state index contributed by atoms with van der Waals surface area (Å²) in [6.07, 6.45) is 86.7. The van der Waals surface area contributed by atoms with Crippen LogP contribution in [-0.4, -0.2) is 49.3 Å². The minimum atomic E-state index is -4.39. The molecule has 0 heterocycles.